The van der Waals surface area contributed by atoms with Crippen LogP contribution in [0.5, 0.6) is 0 Å². The molecular weight excluding hydrogens is 741 g/mol. The van der Waals surface area contributed by atoms with Crippen molar-refractivity contribution in [3.8, 4) is 11.8 Å². The second-order valence-electron chi connectivity index (χ2n) is 13.1. The van der Waals surface area contributed by atoms with Crippen molar-refractivity contribution in [3.05, 3.63) is 179 Å². The van der Waals surface area contributed by atoms with Gasteiger partial charge in [-0.2, -0.15) is 0 Å². The Bertz CT molecular complexity index is 2230. The second kappa shape index (κ2) is 20.2. The van der Waals surface area contributed by atoms with Crippen LogP contribution >= 0.6 is 0 Å². The number of hydrogen-bond acceptors (Lipinski definition) is 11. The molecule has 58 heavy (non-hydrogen) atoms. The van der Waals surface area contributed by atoms with Crippen molar-refractivity contribution < 1.29 is 52.4 Å². The Balaban J connectivity index is 1.43. The van der Waals surface area contributed by atoms with E-state index in [0.29, 0.717) is 12.0 Å². The lowest BCUT2D eigenvalue weighted by molar-refractivity contribution is -0.282. The second-order valence-corrected chi connectivity index (χ2v) is 13.1. The van der Waals surface area contributed by atoms with E-state index >= 15 is 0 Å². The minimum absolute atomic E-state index is 0.0887. The Morgan fingerprint density at radius 2 is 0.966 bits per heavy atom. The van der Waals surface area contributed by atoms with Gasteiger partial charge in [0, 0.05) is 12.0 Å². The standard InChI is InChI=1S/C47H40O11/c1-2-3-4-9-20-32-21-18-19-30-37(32)46(52)58-47-41(57-45(51)36-28-16-8-17-29-36)40(56-44(50)35-26-14-7-15-27-35)39(55-43(49)34-24-12-6-13-25-34)38(54-47)31-53-42(48)33-22-10-5-11-23-33/h5-8,10-19,21-30,38-41,47H,2-4,31H2,1H3/t38-,39-,40+,41-,47+/m1/s1. The number of carbonyl (C=O) groups is 5. The fraction of sp³-hybridized carbons (Fsp3) is 0.213. The number of ether oxygens (including phenoxy) is 6. The Morgan fingerprint density at radius 1 is 0.517 bits per heavy atom. The first-order chi connectivity index (χ1) is 28.3. The molecule has 0 spiro atoms. The first-order valence-corrected chi connectivity index (χ1v) is 18.8. The highest BCUT2D eigenvalue weighted by molar-refractivity contribution is 5.93. The van der Waals surface area contributed by atoms with E-state index in [2.05, 4.69) is 11.8 Å². The van der Waals surface area contributed by atoms with Crippen LogP contribution in [0.15, 0.2) is 146 Å². The highest BCUT2D eigenvalue weighted by atomic mass is 16.7. The number of hydrogen-bond donors (Lipinski definition) is 0. The number of unbranched alkanes of at least 4 members (excludes halogenated alkanes) is 2. The molecule has 5 aromatic carbocycles. The fourth-order valence-electron chi connectivity index (χ4n) is 5.98. The van der Waals surface area contributed by atoms with Crippen LogP contribution in [0, 0.1) is 11.8 Å². The van der Waals surface area contributed by atoms with Crippen molar-refractivity contribution in [1.29, 1.82) is 0 Å². The quantitative estimate of drug-likeness (QED) is 0.0504. The van der Waals surface area contributed by atoms with Crippen LogP contribution in [0.1, 0.15) is 83.5 Å². The van der Waals surface area contributed by atoms with Crippen molar-refractivity contribution in [3.63, 3.8) is 0 Å². The molecule has 0 aromatic heterocycles. The van der Waals surface area contributed by atoms with Crippen molar-refractivity contribution >= 4 is 29.8 Å². The normalized spacial score (nSPS) is 18.3. The van der Waals surface area contributed by atoms with Crippen LogP contribution < -0.4 is 0 Å². The Kier molecular flexibility index (Phi) is 14.2. The van der Waals surface area contributed by atoms with Crippen LogP contribution in [0.2, 0.25) is 0 Å². The molecule has 1 saturated heterocycles. The molecule has 1 heterocycles. The summed E-state index contributed by atoms with van der Waals surface area (Å²) in [5.74, 6) is 1.83. The summed E-state index contributed by atoms with van der Waals surface area (Å²) in [4.78, 5) is 68.7. The SMILES string of the molecule is CCCCC#Cc1ccccc1C(=O)O[C@@H]1O[C@H](COC(=O)c2ccccc2)[C@@H](OC(=O)c2ccccc2)[C@H](OC(=O)c2ccccc2)[C@H]1OC(=O)c1ccccc1. The molecule has 1 fully saturated rings. The van der Waals surface area contributed by atoms with Crippen LogP contribution in [0.4, 0.5) is 0 Å². The van der Waals surface area contributed by atoms with Crippen molar-refractivity contribution in [2.45, 2.75) is 56.9 Å². The van der Waals surface area contributed by atoms with Crippen LogP contribution in [0.3, 0.4) is 0 Å². The Labute approximate surface area is 335 Å². The summed E-state index contributed by atoms with van der Waals surface area (Å²) < 4.78 is 36.1. The van der Waals surface area contributed by atoms with Gasteiger partial charge in [-0.05, 0) is 67.1 Å². The topological polar surface area (TPSA) is 141 Å². The average molecular weight is 781 g/mol. The molecule has 0 bridgehead atoms. The molecule has 0 N–H and O–H groups in total. The molecule has 0 amide bonds. The van der Waals surface area contributed by atoms with Gasteiger partial charge in [-0.25, -0.2) is 24.0 Å². The maximum absolute atomic E-state index is 14.1. The molecule has 0 saturated carbocycles. The molecule has 0 unspecified atom stereocenters. The Morgan fingerprint density at radius 3 is 1.48 bits per heavy atom. The van der Waals surface area contributed by atoms with Gasteiger partial charge in [0.1, 0.15) is 12.7 Å². The first kappa shape index (κ1) is 40.6. The number of carbonyl (C=O) groups excluding carboxylic acids is 5. The van der Waals surface area contributed by atoms with Gasteiger partial charge in [0.2, 0.25) is 12.4 Å². The third kappa shape index (κ3) is 10.6. The van der Waals surface area contributed by atoms with Crippen LogP contribution in [-0.2, 0) is 28.4 Å². The molecule has 5 aromatic rings. The molecule has 0 radical (unpaired) electrons. The van der Waals surface area contributed by atoms with E-state index < -0.39 is 67.2 Å². The van der Waals surface area contributed by atoms with E-state index in [-0.39, 0.29) is 27.8 Å². The fourth-order valence-corrected chi connectivity index (χ4v) is 5.98. The maximum Gasteiger partial charge on any atom is 0.341 e. The van der Waals surface area contributed by atoms with Gasteiger partial charge >= 0.3 is 29.8 Å². The third-order valence-electron chi connectivity index (χ3n) is 8.99. The monoisotopic (exact) mass is 780 g/mol. The first-order valence-electron chi connectivity index (χ1n) is 18.8. The van der Waals surface area contributed by atoms with Gasteiger partial charge in [0.05, 0.1) is 27.8 Å². The zero-order valence-electron chi connectivity index (χ0n) is 31.6. The summed E-state index contributed by atoms with van der Waals surface area (Å²) >= 11 is 0. The van der Waals surface area contributed by atoms with E-state index in [9.17, 15) is 24.0 Å². The predicted molar refractivity (Wildman–Crippen MR) is 211 cm³/mol. The molecule has 0 aliphatic carbocycles. The lowest BCUT2D eigenvalue weighted by Crippen LogP contribution is -2.63. The van der Waals surface area contributed by atoms with Crippen molar-refractivity contribution in [2.24, 2.45) is 0 Å². The summed E-state index contributed by atoms with van der Waals surface area (Å²) in [6.07, 6.45) is -5.83. The van der Waals surface area contributed by atoms with Crippen molar-refractivity contribution in [2.75, 3.05) is 6.61 Å². The van der Waals surface area contributed by atoms with Crippen molar-refractivity contribution in [1.82, 2.24) is 0 Å². The molecule has 1 aliphatic heterocycles. The minimum atomic E-state index is -1.80. The molecule has 1 aliphatic rings. The number of benzene rings is 5. The molecular formula is C47H40O11. The van der Waals surface area contributed by atoms with E-state index in [1.165, 1.54) is 42.5 Å². The average Bonchev–Trinajstić information content (AvgIpc) is 3.27. The van der Waals surface area contributed by atoms with Gasteiger partial charge in [-0.3, -0.25) is 0 Å². The van der Waals surface area contributed by atoms with E-state index in [1.807, 2.05) is 6.92 Å². The van der Waals surface area contributed by atoms with E-state index in [4.69, 9.17) is 28.4 Å². The summed E-state index contributed by atoms with van der Waals surface area (Å²) in [7, 11) is 0. The van der Waals surface area contributed by atoms with Gasteiger partial charge in [-0.1, -0.05) is 110 Å². The number of esters is 5. The van der Waals surface area contributed by atoms with Gasteiger partial charge in [0.15, 0.2) is 12.2 Å². The number of rotatable bonds is 13. The van der Waals surface area contributed by atoms with E-state index in [0.717, 1.165) is 12.8 Å². The predicted octanol–water partition coefficient (Wildman–Crippen LogP) is 7.64. The lowest BCUT2D eigenvalue weighted by atomic mass is 9.97. The smallest absolute Gasteiger partial charge is 0.341 e. The molecule has 6 rings (SSSR count). The van der Waals surface area contributed by atoms with Gasteiger partial charge < -0.3 is 28.4 Å². The molecule has 5 atom stereocenters. The van der Waals surface area contributed by atoms with E-state index in [1.54, 1.807) is 103 Å². The lowest BCUT2D eigenvalue weighted by Gasteiger charge is -2.43. The van der Waals surface area contributed by atoms with Crippen LogP contribution in [0.25, 0.3) is 0 Å². The molecule has 11 heteroatoms. The van der Waals surface area contributed by atoms with Gasteiger partial charge in [0.25, 0.3) is 0 Å². The zero-order valence-corrected chi connectivity index (χ0v) is 31.6. The highest BCUT2D eigenvalue weighted by Crippen LogP contribution is 2.32. The zero-order chi connectivity index (χ0) is 40.7. The summed E-state index contributed by atoms with van der Waals surface area (Å²) in [6.45, 7) is 1.47. The molecule has 11 nitrogen and oxygen atoms in total. The maximum atomic E-state index is 14.1. The largest absolute Gasteiger partial charge is 0.459 e. The minimum Gasteiger partial charge on any atom is -0.459 e. The third-order valence-corrected chi connectivity index (χ3v) is 8.99. The van der Waals surface area contributed by atoms with Gasteiger partial charge in [-0.15, -0.1) is 0 Å². The molecule has 294 valence electrons. The summed E-state index contributed by atoms with van der Waals surface area (Å²) in [6, 6.07) is 38.6. The highest BCUT2D eigenvalue weighted by Gasteiger charge is 2.54. The summed E-state index contributed by atoms with van der Waals surface area (Å²) in [5, 5.41) is 0. The Hall–Kier alpha value is -7.03. The van der Waals surface area contributed by atoms with Crippen LogP contribution in [-0.4, -0.2) is 67.2 Å². The summed E-state index contributed by atoms with van der Waals surface area (Å²) in [5.41, 5.74) is 1.06.